The molecule has 1 fully saturated rings. The van der Waals surface area contributed by atoms with E-state index in [4.69, 9.17) is 28.2 Å². The number of aromatic nitrogens is 5. The first kappa shape index (κ1) is 38.7. The molecule has 1 saturated carbocycles. The van der Waals surface area contributed by atoms with E-state index in [1.165, 1.54) is 16.9 Å². The Labute approximate surface area is 330 Å². The fourth-order valence-corrected chi connectivity index (χ4v) is 8.77. The van der Waals surface area contributed by atoms with Gasteiger partial charge in [-0.25, -0.2) is 26.0 Å². The summed E-state index contributed by atoms with van der Waals surface area (Å²) < 4.78 is 117. The molecule has 0 unspecified atom stereocenters. The summed E-state index contributed by atoms with van der Waals surface area (Å²) in [6, 6.07) is 13.2. The van der Waals surface area contributed by atoms with Gasteiger partial charge in [0.1, 0.15) is 29.6 Å². The van der Waals surface area contributed by atoms with E-state index >= 15 is 8.78 Å². The van der Waals surface area contributed by atoms with Crippen molar-refractivity contribution < 1.29 is 39.6 Å². The van der Waals surface area contributed by atoms with Crippen LogP contribution in [0.1, 0.15) is 53.0 Å². The van der Waals surface area contributed by atoms with Crippen LogP contribution >= 0.6 is 23.2 Å². The minimum atomic E-state index is -3.83. The van der Waals surface area contributed by atoms with Gasteiger partial charge in [-0.1, -0.05) is 47.5 Å². The second kappa shape index (κ2) is 14.1. The summed E-state index contributed by atoms with van der Waals surface area (Å²) in [5.41, 5.74) is 0.449. The third-order valence-electron chi connectivity index (χ3n) is 10.1. The van der Waals surface area contributed by atoms with Crippen LogP contribution in [0.15, 0.2) is 66.9 Å². The fraction of sp³-hybridized carbons (Fsp3) is 0.263. The third-order valence-corrected chi connectivity index (χ3v) is 11.3. The monoisotopic (exact) mass is 847 g/mol. The molecule has 0 bridgehead atoms. The van der Waals surface area contributed by atoms with E-state index in [0.29, 0.717) is 43.5 Å². The average molecular weight is 849 g/mol. The zero-order valence-corrected chi connectivity index (χ0v) is 32.0. The highest BCUT2D eigenvalue weighted by Gasteiger charge is 2.67. The van der Waals surface area contributed by atoms with Crippen molar-refractivity contribution in [2.24, 2.45) is 13.0 Å². The van der Waals surface area contributed by atoms with E-state index in [1.807, 2.05) is 0 Å². The van der Waals surface area contributed by atoms with Crippen molar-refractivity contribution in [2.45, 2.75) is 43.7 Å². The van der Waals surface area contributed by atoms with Gasteiger partial charge in [-0.05, 0) is 54.7 Å². The number of anilines is 1. The lowest BCUT2D eigenvalue weighted by Gasteiger charge is -2.23. The molecule has 296 valence electrons. The molecular weight excluding hydrogens is 819 g/mol. The topological polar surface area (TPSA) is 124 Å². The van der Waals surface area contributed by atoms with Crippen molar-refractivity contribution >= 4 is 55.9 Å². The molecule has 2 aliphatic carbocycles. The summed E-state index contributed by atoms with van der Waals surface area (Å²) >= 11 is 13.2. The van der Waals surface area contributed by atoms with Crippen LogP contribution in [0.2, 0.25) is 10.0 Å². The molecule has 3 aromatic carbocycles. The molecule has 2 N–H and O–H groups in total. The van der Waals surface area contributed by atoms with Gasteiger partial charge in [0.15, 0.2) is 5.82 Å². The van der Waals surface area contributed by atoms with Crippen LogP contribution in [-0.2, 0) is 40.8 Å². The number of fused-ring (bicyclic) bond motifs is 4. The van der Waals surface area contributed by atoms with Crippen LogP contribution in [0.3, 0.4) is 0 Å². The van der Waals surface area contributed by atoms with Crippen LogP contribution in [0.25, 0.3) is 33.2 Å². The van der Waals surface area contributed by atoms with Crippen molar-refractivity contribution in [3.05, 3.63) is 117 Å². The highest BCUT2D eigenvalue weighted by Crippen LogP contribution is 2.68. The zero-order valence-electron chi connectivity index (χ0n) is 29.7. The van der Waals surface area contributed by atoms with Gasteiger partial charge in [-0.3, -0.25) is 23.9 Å². The highest BCUT2D eigenvalue weighted by molar-refractivity contribution is 7.92. The van der Waals surface area contributed by atoms with Crippen LogP contribution in [0.5, 0.6) is 0 Å². The van der Waals surface area contributed by atoms with Crippen LogP contribution in [-0.4, -0.2) is 45.1 Å². The molecule has 19 heteroatoms. The van der Waals surface area contributed by atoms with Gasteiger partial charge < -0.3 is 5.32 Å². The Balaban J connectivity index is 1.29. The first-order valence-electron chi connectivity index (χ1n) is 17.3. The molecule has 3 atom stereocenters. The second-order valence-corrected chi connectivity index (χ2v) is 16.6. The summed E-state index contributed by atoms with van der Waals surface area (Å²) in [6.07, 6.45) is -1.02. The van der Waals surface area contributed by atoms with E-state index in [1.54, 1.807) is 43.4 Å². The number of aryl methyl sites for hydroxylation is 1. The minimum Gasteiger partial charge on any atom is -0.346 e. The van der Waals surface area contributed by atoms with E-state index in [2.05, 4.69) is 20.2 Å². The van der Waals surface area contributed by atoms with Gasteiger partial charge in [-0.2, -0.15) is 19.0 Å². The standard InChI is InChI=1S/C38H29Cl2F6N7O3S/c1-52-34-22(7-8-27(40)31(34)37(50-52)51-57(2,55)56)23-12-18(21-5-3-4-6-26(21)39)15-47-32(23)28(11-17-9-19(41)13-20(42)10-17)48-29(54)16-53-35-30(33(49-53)36(43)44)24-14-25(24)38(35,45)46/h3-10,12-13,15,24-25,28,36H,11,14,16H2,1-2H3,(H,48,54)(H,50,51)/t24-,25+,28-/m0/s1. The Hall–Kier alpha value is -5.13. The zero-order chi connectivity index (χ0) is 40.7. The molecule has 0 saturated heterocycles. The van der Waals surface area contributed by atoms with E-state index in [0.717, 1.165) is 18.4 Å². The number of pyridine rings is 1. The smallest absolute Gasteiger partial charge is 0.293 e. The highest BCUT2D eigenvalue weighted by atomic mass is 35.5. The predicted molar refractivity (Wildman–Crippen MR) is 201 cm³/mol. The number of nitrogens with one attached hydrogen (secondary N) is 2. The van der Waals surface area contributed by atoms with Crippen molar-refractivity contribution in [3.63, 3.8) is 0 Å². The fourth-order valence-electron chi connectivity index (χ4n) is 7.79. The van der Waals surface area contributed by atoms with Crippen molar-refractivity contribution in [3.8, 4) is 22.3 Å². The van der Waals surface area contributed by atoms with Crippen molar-refractivity contribution in [2.75, 3.05) is 11.0 Å². The lowest BCUT2D eigenvalue weighted by atomic mass is 9.92. The minimum absolute atomic E-state index is 0.0307. The molecule has 6 aromatic rings. The number of carbonyl (C=O) groups excluding carboxylic acids is 1. The lowest BCUT2D eigenvalue weighted by Crippen LogP contribution is -2.35. The summed E-state index contributed by atoms with van der Waals surface area (Å²) in [5.74, 6) is -8.28. The first-order chi connectivity index (χ1) is 26.9. The molecule has 0 radical (unpaired) electrons. The maximum absolute atomic E-state index is 15.4. The van der Waals surface area contributed by atoms with Gasteiger partial charge in [0.2, 0.25) is 15.9 Å². The van der Waals surface area contributed by atoms with Gasteiger partial charge >= 0.3 is 0 Å². The van der Waals surface area contributed by atoms with Crippen molar-refractivity contribution in [1.29, 1.82) is 0 Å². The quantitative estimate of drug-likeness (QED) is 0.126. The second-order valence-electron chi connectivity index (χ2n) is 14.1. The Kier molecular flexibility index (Phi) is 9.55. The summed E-state index contributed by atoms with van der Waals surface area (Å²) in [5, 5.41) is 11.6. The Morgan fingerprint density at radius 2 is 1.68 bits per heavy atom. The Morgan fingerprint density at radius 3 is 2.37 bits per heavy atom. The van der Waals surface area contributed by atoms with E-state index in [9.17, 15) is 30.8 Å². The van der Waals surface area contributed by atoms with Crippen molar-refractivity contribution in [1.82, 2.24) is 29.9 Å². The molecule has 0 spiro atoms. The molecule has 1 amide bonds. The normalized spacial score (nSPS) is 17.5. The number of sulfonamides is 1. The number of rotatable bonds is 11. The van der Waals surface area contributed by atoms with E-state index < -0.39 is 75.7 Å². The number of amides is 1. The van der Waals surface area contributed by atoms with Gasteiger partial charge in [0.05, 0.1) is 33.9 Å². The van der Waals surface area contributed by atoms with Crippen LogP contribution in [0.4, 0.5) is 32.2 Å². The summed E-state index contributed by atoms with van der Waals surface area (Å²) in [4.78, 5) is 18.7. The average Bonchev–Trinajstić information content (AvgIpc) is 3.66. The first-order valence-corrected chi connectivity index (χ1v) is 20.0. The molecule has 57 heavy (non-hydrogen) atoms. The molecule has 8 rings (SSSR count). The van der Waals surface area contributed by atoms with Gasteiger partial charge in [0, 0.05) is 58.1 Å². The molecular formula is C38H29Cl2F6N7O3S. The number of hydrogen-bond acceptors (Lipinski definition) is 6. The SMILES string of the molecule is Cn1nc(NS(C)(=O)=O)c2c(Cl)ccc(-c3cc(-c4ccccc4Cl)cnc3[C@H](Cc3cc(F)cc(F)c3)NC(=O)Cn3nc(C(F)F)c4c3C(F)(F)[C@@H]3C[C@H]43)c21. The number of benzene rings is 3. The third kappa shape index (κ3) is 7.09. The number of carbonyl (C=O) groups is 1. The maximum atomic E-state index is 15.4. The van der Waals surface area contributed by atoms with E-state index in [-0.39, 0.29) is 45.9 Å². The summed E-state index contributed by atoms with van der Waals surface area (Å²) in [6.45, 7) is -0.890. The number of halogens is 8. The van der Waals surface area contributed by atoms with Crippen LogP contribution < -0.4 is 10.0 Å². The largest absolute Gasteiger partial charge is 0.346 e. The predicted octanol–water partition coefficient (Wildman–Crippen LogP) is 8.70. The maximum Gasteiger partial charge on any atom is 0.293 e. The summed E-state index contributed by atoms with van der Waals surface area (Å²) in [7, 11) is -2.28. The van der Waals surface area contributed by atoms with Crippen LogP contribution in [0, 0.1) is 17.6 Å². The Morgan fingerprint density at radius 1 is 0.965 bits per heavy atom. The molecule has 3 aromatic heterocycles. The Bertz CT molecular complexity index is 2720. The molecule has 10 nitrogen and oxygen atoms in total. The molecule has 2 aliphatic rings. The number of nitrogens with zero attached hydrogens (tertiary/aromatic N) is 5. The number of hydrogen-bond donors (Lipinski definition) is 2. The number of alkyl halides is 4. The van der Waals surface area contributed by atoms with Gasteiger partial charge in [0.25, 0.3) is 12.3 Å². The van der Waals surface area contributed by atoms with Gasteiger partial charge in [-0.15, -0.1) is 0 Å². The lowest BCUT2D eigenvalue weighted by molar-refractivity contribution is -0.123. The molecule has 3 heterocycles. The molecule has 0 aliphatic heterocycles.